The van der Waals surface area contributed by atoms with Crippen LogP contribution in [0, 0.1) is 27.7 Å². The molecule has 3 rings (SSSR count). The predicted molar refractivity (Wildman–Crippen MR) is 105 cm³/mol. The fourth-order valence-corrected chi connectivity index (χ4v) is 6.50. The summed E-state index contributed by atoms with van der Waals surface area (Å²) in [7, 11) is -2.91. The first-order valence-corrected chi connectivity index (χ1v) is 9.96. The molecule has 0 aliphatic heterocycles. The van der Waals surface area contributed by atoms with Crippen molar-refractivity contribution >= 4 is 23.1 Å². The van der Waals surface area contributed by atoms with Crippen LogP contribution < -0.4 is 15.9 Å². The molecule has 0 saturated carbocycles. The minimum Gasteiger partial charge on any atom is -0.309 e. The number of hydrogen-bond donors (Lipinski definition) is 0. The van der Waals surface area contributed by atoms with Crippen molar-refractivity contribution in [2.24, 2.45) is 0 Å². The smallest absolute Gasteiger partial charge is 0.171 e. The second kappa shape index (κ2) is 6.42. The fourth-order valence-electron chi connectivity index (χ4n) is 3.20. The van der Waals surface area contributed by atoms with Crippen molar-refractivity contribution in [3.05, 3.63) is 89.0 Å². The molecular formula is C22H23OP. The lowest BCUT2D eigenvalue weighted by Gasteiger charge is -2.24. The Morgan fingerprint density at radius 2 is 1.04 bits per heavy atom. The molecule has 24 heavy (non-hydrogen) atoms. The largest absolute Gasteiger partial charge is 0.309 e. The van der Waals surface area contributed by atoms with Gasteiger partial charge in [-0.05, 0) is 49.9 Å². The van der Waals surface area contributed by atoms with Crippen molar-refractivity contribution in [3.8, 4) is 0 Å². The third-order valence-corrected chi connectivity index (χ3v) is 8.30. The molecule has 0 aliphatic rings. The van der Waals surface area contributed by atoms with E-state index in [1.165, 1.54) is 11.1 Å². The number of aryl methyl sites for hydroxylation is 2. The van der Waals surface area contributed by atoms with Gasteiger partial charge in [0.2, 0.25) is 0 Å². The molecule has 3 aromatic rings. The molecule has 0 bridgehead atoms. The molecule has 2 heteroatoms. The van der Waals surface area contributed by atoms with E-state index < -0.39 is 7.14 Å². The SMILES string of the molecule is Cc1cccc(P(=O)(c2ccccc2)c2cccc(C)c2C)c1C. The van der Waals surface area contributed by atoms with Crippen LogP contribution in [0.5, 0.6) is 0 Å². The van der Waals surface area contributed by atoms with Crippen molar-refractivity contribution in [2.75, 3.05) is 0 Å². The highest BCUT2D eigenvalue weighted by Crippen LogP contribution is 2.44. The van der Waals surface area contributed by atoms with E-state index in [0.29, 0.717) is 0 Å². The maximum Gasteiger partial charge on any atom is 0.171 e. The van der Waals surface area contributed by atoms with Gasteiger partial charge in [0.1, 0.15) is 0 Å². The normalized spacial score (nSPS) is 11.5. The summed E-state index contributed by atoms with van der Waals surface area (Å²) in [6, 6.07) is 22.1. The van der Waals surface area contributed by atoms with Gasteiger partial charge < -0.3 is 4.57 Å². The van der Waals surface area contributed by atoms with Crippen molar-refractivity contribution < 1.29 is 4.57 Å². The van der Waals surface area contributed by atoms with E-state index in [1.807, 2.05) is 54.6 Å². The Labute approximate surface area is 144 Å². The summed E-state index contributed by atoms with van der Waals surface area (Å²) < 4.78 is 14.6. The molecule has 0 atom stereocenters. The van der Waals surface area contributed by atoms with Gasteiger partial charge >= 0.3 is 0 Å². The zero-order valence-corrected chi connectivity index (χ0v) is 15.6. The van der Waals surface area contributed by atoms with E-state index in [2.05, 4.69) is 39.8 Å². The van der Waals surface area contributed by atoms with Crippen LogP contribution in [0.25, 0.3) is 0 Å². The van der Waals surface area contributed by atoms with Gasteiger partial charge in [-0.2, -0.15) is 0 Å². The molecule has 3 aromatic carbocycles. The Hall–Kier alpha value is -2.11. The molecule has 0 N–H and O–H groups in total. The maximum atomic E-state index is 14.6. The van der Waals surface area contributed by atoms with Crippen LogP contribution in [-0.2, 0) is 4.57 Å². The monoisotopic (exact) mass is 334 g/mol. The molecule has 0 spiro atoms. The fraction of sp³-hybridized carbons (Fsp3) is 0.182. The predicted octanol–water partition coefficient (Wildman–Crippen LogP) is 4.56. The lowest BCUT2D eigenvalue weighted by Crippen LogP contribution is -2.28. The van der Waals surface area contributed by atoms with E-state index >= 15 is 0 Å². The third kappa shape index (κ3) is 2.64. The summed E-state index contributed by atoms with van der Waals surface area (Å²) in [5.74, 6) is 0. The first-order chi connectivity index (χ1) is 11.5. The Morgan fingerprint density at radius 1 is 0.583 bits per heavy atom. The topological polar surface area (TPSA) is 17.1 Å². The van der Waals surface area contributed by atoms with Crippen LogP contribution in [-0.4, -0.2) is 0 Å². The molecule has 1 nitrogen and oxygen atoms in total. The summed E-state index contributed by atoms with van der Waals surface area (Å²) >= 11 is 0. The molecule has 0 amide bonds. The van der Waals surface area contributed by atoms with Gasteiger partial charge in [-0.3, -0.25) is 0 Å². The van der Waals surface area contributed by atoms with Gasteiger partial charge in [0, 0.05) is 15.9 Å². The van der Waals surface area contributed by atoms with Crippen LogP contribution in [0.3, 0.4) is 0 Å². The highest BCUT2D eigenvalue weighted by atomic mass is 31.2. The lowest BCUT2D eigenvalue weighted by molar-refractivity contribution is 0.592. The Kier molecular flexibility index (Phi) is 4.47. The number of hydrogen-bond acceptors (Lipinski definition) is 1. The first-order valence-electron chi connectivity index (χ1n) is 8.25. The van der Waals surface area contributed by atoms with E-state index in [4.69, 9.17) is 0 Å². The Balaban J connectivity index is 2.41. The summed E-state index contributed by atoms with van der Waals surface area (Å²) in [4.78, 5) is 0. The maximum absolute atomic E-state index is 14.6. The van der Waals surface area contributed by atoms with E-state index in [0.717, 1.165) is 27.0 Å². The molecule has 122 valence electrons. The average molecular weight is 334 g/mol. The van der Waals surface area contributed by atoms with Crippen molar-refractivity contribution in [2.45, 2.75) is 27.7 Å². The minimum atomic E-state index is -2.91. The molecular weight excluding hydrogens is 311 g/mol. The standard InChI is InChI=1S/C22H23OP/c1-16-10-8-14-21(18(16)3)24(23,20-12-6-5-7-13-20)22-15-9-11-17(2)19(22)4/h5-15H,1-4H3. The van der Waals surface area contributed by atoms with E-state index in [-0.39, 0.29) is 0 Å². The van der Waals surface area contributed by atoms with Gasteiger partial charge in [0.05, 0.1) is 0 Å². The van der Waals surface area contributed by atoms with Crippen LogP contribution in [0.15, 0.2) is 66.7 Å². The first kappa shape index (κ1) is 16.7. The van der Waals surface area contributed by atoms with Gasteiger partial charge in [-0.25, -0.2) is 0 Å². The van der Waals surface area contributed by atoms with Gasteiger partial charge in [-0.1, -0.05) is 66.7 Å². The summed E-state index contributed by atoms with van der Waals surface area (Å²) in [5, 5.41) is 2.79. The van der Waals surface area contributed by atoms with Crippen molar-refractivity contribution in [1.82, 2.24) is 0 Å². The quantitative estimate of drug-likeness (QED) is 0.642. The van der Waals surface area contributed by atoms with Crippen molar-refractivity contribution in [3.63, 3.8) is 0 Å². The molecule has 0 fully saturated rings. The average Bonchev–Trinajstić information content (AvgIpc) is 2.60. The molecule has 0 radical (unpaired) electrons. The molecule has 0 saturated heterocycles. The van der Waals surface area contributed by atoms with Gasteiger partial charge in [0.15, 0.2) is 7.14 Å². The molecule has 0 aliphatic carbocycles. The second-order valence-electron chi connectivity index (χ2n) is 6.38. The van der Waals surface area contributed by atoms with E-state index in [1.54, 1.807) is 0 Å². The Morgan fingerprint density at radius 3 is 1.50 bits per heavy atom. The van der Waals surface area contributed by atoms with Crippen LogP contribution in [0.1, 0.15) is 22.3 Å². The van der Waals surface area contributed by atoms with Crippen LogP contribution in [0.4, 0.5) is 0 Å². The molecule has 0 unspecified atom stereocenters. The number of rotatable bonds is 3. The summed E-state index contributed by atoms with van der Waals surface area (Å²) in [5.41, 5.74) is 4.58. The van der Waals surface area contributed by atoms with Gasteiger partial charge in [0.25, 0.3) is 0 Å². The summed E-state index contributed by atoms with van der Waals surface area (Å²) in [6.45, 7) is 8.31. The van der Waals surface area contributed by atoms with Crippen LogP contribution >= 0.6 is 7.14 Å². The van der Waals surface area contributed by atoms with E-state index in [9.17, 15) is 4.57 Å². The zero-order chi connectivity index (χ0) is 17.3. The Bertz CT molecular complexity index is 870. The zero-order valence-electron chi connectivity index (χ0n) is 14.7. The minimum absolute atomic E-state index is 0.896. The lowest BCUT2D eigenvalue weighted by atomic mass is 10.1. The number of benzene rings is 3. The summed E-state index contributed by atoms with van der Waals surface area (Å²) in [6.07, 6.45) is 0. The molecule has 0 heterocycles. The third-order valence-electron chi connectivity index (χ3n) is 4.95. The highest BCUT2D eigenvalue weighted by Gasteiger charge is 2.32. The second-order valence-corrected chi connectivity index (χ2v) is 9.08. The van der Waals surface area contributed by atoms with Crippen molar-refractivity contribution in [1.29, 1.82) is 0 Å². The molecule has 0 aromatic heterocycles. The van der Waals surface area contributed by atoms with Crippen LogP contribution in [0.2, 0.25) is 0 Å². The highest BCUT2D eigenvalue weighted by molar-refractivity contribution is 7.85. The van der Waals surface area contributed by atoms with Gasteiger partial charge in [-0.15, -0.1) is 0 Å².